The van der Waals surface area contributed by atoms with Crippen molar-refractivity contribution in [1.82, 2.24) is 0 Å². The topological polar surface area (TPSA) is 0 Å². The molecule has 21 heavy (non-hydrogen) atoms. The third-order valence-electron chi connectivity index (χ3n) is 3.08. The van der Waals surface area contributed by atoms with Crippen molar-refractivity contribution in [3.63, 3.8) is 0 Å². The number of hydrogen-bond donors (Lipinski definition) is 0. The first kappa shape index (κ1) is 15.4. The van der Waals surface area contributed by atoms with Crippen LogP contribution in [-0.4, -0.2) is 0 Å². The number of benzene rings is 2. The van der Waals surface area contributed by atoms with Crippen molar-refractivity contribution in [3.05, 3.63) is 59.2 Å². The fourth-order valence-electron chi connectivity index (χ4n) is 2.11. The predicted octanol–water partition coefficient (Wildman–Crippen LogP) is 5.70. The lowest BCUT2D eigenvalue weighted by Crippen LogP contribution is -2.08. The summed E-state index contributed by atoms with van der Waals surface area (Å²) >= 11 is 0. The van der Waals surface area contributed by atoms with Gasteiger partial charge in [0, 0.05) is 0 Å². The lowest BCUT2D eigenvalue weighted by atomic mass is 9.94. The Morgan fingerprint density at radius 3 is 1.76 bits per heavy atom. The van der Waals surface area contributed by atoms with Crippen molar-refractivity contribution in [2.45, 2.75) is 19.3 Å². The molecule has 112 valence electrons. The minimum atomic E-state index is -4.57. The van der Waals surface area contributed by atoms with E-state index in [0.717, 1.165) is 30.3 Å². The number of hydrogen-bond acceptors (Lipinski definition) is 0. The molecule has 0 bridgehead atoms. The molecule has 6 heteroatoms. The van der Waals surface area contributed by atoms with Crippen LogP contribution in [0.4, 0.5) is 26.3 Å². The number of alkyl halides is 6. The zero-order chi connectivity index (χ0) is 15.8. The highest BCUT2D eigenvalue weighted by atomic mass is 19.4. The Kier molecular flexibility index (Phi) is 3.74. The quantitative estimate of drug-likeness (QED) is 0.593. The van der Waals surface area contributed by atoms with Gasteiger partial charge in [-0.25, -0.2) is 0 Å². The molecule has 0 unspecified atom stereocenters. The van der Waals surface area contributed by atoms with Crippen LogP contribution in [0.5, 0.6) is 0 Å². The molecule has 0 atom stereocenters. The molecular weight excluding hydrogens is 294 g/mol. The minimum Gasteiger partial charge on any atom is -0.166 e. The van der Waals surface area contributed by atoms with Crippen LogP contribution >= 0.6 is 0 Å². The monoisotopic (exact) mass is 304 g/mol. The summed E-state index contributed by atoms with van der Waals surface area (Å²) in [6.45, 7) is 1.49. The van der Waals surface area contributed by atoms with Gasteiger partial charge >= 0.3 is 12.4 Å². The molecule has 0 saturated carbocycles. The van der Waals surface area contributed by atoms with Crippen LogP contribution in [0, 0.1) is 6.92 Å². The van der Waals surface area contributed by atoms with E-state index in [1.807, 2.05) is 0 Å². The van der Waals surface area contributed by atoms with Crippen molar-refractivity contribution in [2.75, 3.05) is 0 Å². The molecule has 0 aliphatic rings. The molecule has 0 saturated heterocycles. The molecule has 0 heterocycles. The van der Waals surface area contributed by atoms with E-state index < -0.39 is 23.5 Å². The molecule has 0 spiro atoms. The summed E-state index contributed by atoms with van der Waals surface area (Å²) in [6, 6.07) is 7.35. The van der Waals surface area contributed by atoms with Crippen LogP contribution < -0.4 is 0 Å². The molecule has 0 aromatic heterocycles. The van der Waals surface area contributed by atoms with Crippen LogP contribution in [0.1, 0.15) is 16.7 Å². The smallest absolute Gasteiger partial charge is 0.166 e. The Morgan fingerprint density at radius 1 is 0.714 bits per heavy atom. The maximum absolute atomic E-state index is 13.0. The van der Waals surface area contributed by atoms with Crippen molar-refractivity contribution in [1.29, 1.82) is 0 Å². The first-order valence-corrected chi connectivity index (χ1v) is 5.95. The minimum absolute atomic E-state index is 0.0984. The zero-order valence-corrected chi connectivity index (χ0v) is 10.8. The molecule has 0 nitrogen and oxygen atoms in total. The summed E-state index contributed by atoms with van der Waals surface area (Å²) in [5.74, 6) is 0. The van der Waals surface area contributed by atoms with Gasteiger partial charge in [-0.3, -0.25) is 0 Å². The van der Waals surface area contributed by atoms with Gasteiger partial charge in [0.2, 0.25) is 0 Å². The van der Waals surface area contributed by atoms with Crippen LogP contribution in [0.15, 0.2) is 42.5 Å². The van der Waals surface area contributed by atoms with Crippen molar-refractivity contribution < 1.29 is 26.3 Å². The Balaban J connectivity index is 2.57. The highest BCUT2D eigenvalue weighted by Crippen LogP contribution is 2.39. The van der Waals surface area contributed by atoms with Gasteiger partial charge in [0.15, 0.2) is 0 Å². The Bertz CT molecular complexity index is 635. The first-order valence-electron chi connectivity index (χ1n) is 5.95. The van der Waals surface area contributed by atoms with Gasteiger partial charge in [0.1, 0.15) is 0 Å². The first-order chi connectivity index (χ1) is 9.60. The van der Waals surface area contributed by atoms with Crippen molar-refractivity contribution >= 4 is 0 Å². The van der Waals surface area contributed by atoms with Crippen LogP contribution in [0.25, 0.3) is 11.1 Å². The van der Waals surface area contributed by atoms with Crippen LogP contribution in [-0.2, 0) is 12.4 Å². The van der Waals surface area contributed by atoms with E-state index in [2.05, 4.69) is 0 Å². The Labute approximate surface area is 117 Å². The molecule has 0 amide bonds. The molecular formula is C15H10F6. The highest BCUT2D eigenvalue weighted by molar-refractivity contribution is 5.71. The van der Waals surface area contributed by atoms with E-state index in [1.165, 1.54) is 19.1 Å². The van der Waals surface area contributed by atoms with E-state index in [4.69, 9.17) is 0 Å². The second-order valence-corrected chi connectivity index (χ2v) is 4.57. The largest absolute Gasteiger partial charge is 0.417 e. The van der Waals surface area contributed by atoms with Gasteiger partial charge in [-0.1, -0.05) is 24.3 Å². The number of rotatable bonds is 1. The summed E-state index contributed by atoms with van der Waals surface area (Å²) in [6.07, 6.45) is -9.08. The van der Waals surface area contributed by atoms with Gasteiger partial charge in [0.05, 0.1) is 11.1 Å². The van der Waals surface area contributed by atoms with Crippen LogP contribution in [0.2, 0.25) is 0 Å². The third-order valence-corrected chi connectivity index (χ3v) is 3.08. The summed E-state index contributed by atoms with van der Waals surface area (Å²) in [7, 11) is 0. The predicted molar refractivity (Wildman–Crippen MR) is 66.6 cm³/mol. The molecule has 0 fully saturated rings. The van der Waals surface area contributed by atoms with Gasteiger partial charge < -0.3 is 0 Å². The average Bonchev–Trinajstić information content (AvgIpc) is 2.36. The fraction of sp³-hybridized carbons (Fsp3) is 0.200. The van der Waals surface area contributed by atoms with E-state index in [1.54, 1.807) is 0 Å². The second-order valence-electron chi connectivity index (χ2n) is 4.57. The fourth-order valence-corrected chi connectivity index (χ4v) is 2.11. The van der Waals surface area contributed by atoms with Crippen molar-refractivity contribution in [2.24, 2.45) is 0 Å². The van der Waals surface area contributed by atoms with E-state index >= 15 is 0 Å². The van der Waals surface area contributed by atoms with Gasteiger partial charge in [-0.05, 0) is 41.8 Å². The van der Waals surface area contributed by atoms with E-state index in [0.29, 0.717) is 5.56 Å². The Hall–Kier alpha value is -1.98. The Morgan fingerprint density at radius 2 is 1.29 bits per heavy atom. The summed E-state index contributed by atoms with van der Waals surface area (Å²) in [5, 5.41) is 0. The molecule has 2 aromatic rings. The standard InChI is InChI=1S/C15H10F6/c1-9-3-2-4-12(15(19,20)21)13(9)10-5-7-11(8-6-10)14(16,17)18/h2-8H,1H3. The molecule has 2 aromatic carbocycles. The SMILES string of the molecule is Cc1cccc(C(F)(F)F)c1-c1ccc(C(F)(F)F)cc1. The van der Waals surface area contributed by atoms with Gasteiger partial charge in [-0.2, -0.15) is 26.3 Å². The number of halogens is 6. The van der Waals surface area contributed by atoms with Crippen molar-refractivity contribution in [3.8, 4) is 11.1 Å². The lowest BCUT2D eigenvalue weighted by Gasteiger charge is -2.16. The summed E-state index contributed by atoms with van der Waals surface area (Å²) in [4.78, 5) is 0. The van der Waals surface area contributed by atoms with E-state index in [9.17, 15) is 26.3 Å². The summed E-state index contributed by atoms with van der Waals surface area (Å²) in [5.41, 5.74) is -1.40. The summed E-state index contributed by atoms with van der Waals surface area (Å²) < 4.78 is 76.5. The average molecular weight is 304 g/mol. The second kappa shape index (κ2) is 5.09. The molecule has 0 N–H and O–H groups in total. The molecule has 2 rings (SSSR count). The normalized spacial score (nSPS) is 12.5. The number of aryl methyl sites for hydroxylation is 1. The maximum atomic E-state index is 13.0. The van der Waals surface area contributed by atoms with Crippen LogP contribution in [0.3, 0.4) is 0 Å². The molecule has 0 aliphatic heterocycles. The molecule has 0 aliphatic carbocycles. The molecule has 0 radical (unpaired) electrons. The maximum Gasteiger partial charge on any atom is 0.417 e. The van der Waals surface area contributed by atoms with E-state index in [-0.39, 0.29) is 11.1 Å². The zero-order valence-electron chi connectivity index (χ0n) is 10.8. The van der Waals surface area contributed by atoms with Gasteiger partial charge in [-0.15, -0.1) is 0 Å². The lowest BCUT2D eigenvalue weighted by molar-refractivity contribution is -0.138. The third kappa shape index (κ3) is 3.20. The van der Waals surface area contributed by atoms with Gasteiger partial charge in [0.25, 0.3) is 0 Å². The highest BCUT2D eigenvalue weighted by Gasteiger charge is 2.34.